The van der Waals surface area contributed by atoms with E-state index in [1.54, 1.807) is 56.7 Å². The lowest BCUT2D eigenvalue weighted by molar-refractivity contribution is -0.148. The first-order valence-corrected chi connectivity index (χ1v) is 7.68. The predicted molar refractivity (Wildman–Crippen MR) is 93.5 cm³/mol. The van der Waals surface area contributed by atoms with Crippen LogP contribution in [0.5, 0.6) is 0 Å². The SMILES string of the molecule is C=CCOC1(OC)C=CC(/C=C/C(=O)c2ccccc2)C(OC)=C1. The van der Waals surface area contributed by atoms with Crippen LogP contribution in [0.1, 0.15) is 10.4 Å². The van der Waals surface area contributed by atoms with E-state index in [4.69, 9.17) is 14.2 Å². The Kier molecular flexibility index (Phi) is 6.29. The number of hydrogen-bond acceptors (Lipinski definition) is 4. The van der Waals surface area contributed by atoms with Crippen LogP contribution in [0.25, 0.3) is 0 Å². The largest absolute Gasteiger partial charge is 0.500 e. The minimum Gasteiger partial charge on any atom is -0.500 e. The van der Waals surface area contributed by atoms with Gasteiger partial charge in [-0.15, -0.1) is 6.58 Å². The monoisotopic (exact) mass is 326 g/mol. The highest BCUT2D eigenvalue weighted by Gasteiger charge is 2.31. The highest BCUT2D eigenvalue weighted by molar-refractivity contribution is 6.04. The van der Waals surface area contributed by atoms with E-state index >= 15 is 0 Å². The summed E-state index contributed by atoms with van der Waals surface area (Å²) in [5.41, 5.74) is 0.650. The molecule has 0 aliphatic heterocycles. The number of ketones is 1. The maximum atomic E-state index is 12.2. The molecule has 0 amide bonds. The summed E-state index contributed by atoms with van der Waals surface area (Å²) in [5.74, 6) is -0.530. The molecule has 0 bridgehead atoms. The van der Waals surface area contributed by atoms with Gasteiger partial charge >= 0.3 is 0 Å². The fourth-order valence-corrected chi connectivity index (χ4v) is 2.38. The lowest BCUT2D eigenvalue weighted by Gasteiger charge is -2.31. The van der Waals surface area contributed by atoms with E-state index in [1.165, 1.54) is 0 Å². The van der Waals surface area contributed by atoms with Crippen LogP contribution in [0.4, 0.5) is 0 Å². The minimum absolute atomic E-state index is 0.0501. The van der Waals surface area contributed by atoms with E-state index in [0.717, 1.165) is 0 Å². The Morgan fingerprint density at radius 3 is 2.67 bits per heavy atom. The molecule has 1 aromatic rings. The summed E-state index contributed by atoms with van der Waals surface area (Å²) in [4.78, 5) is 12.2. The fourth-order valence-electron chi connectivity index (χ4n) is 2.38. The van der Waals surface area contributed by atoms with Crippen LogP contribution in [-0.4, -0.2) is 32.4 Å². The lowest BCUT2D eigenvalue weighted by Crippen LogP contribution is -2.33. The van der Waals surface area contributed by atoms with E-state index < -0.39 is 5.79 Å². The van der Waals surface area contributed by atoms with Crippen molar-refractivity contribution in [3.05, 3.63) is 84.7 Å². The van der Waals surface area contributed by atoms with Gasteiger partial charge < -0.3 is 14.2 Å². The van der Waals surface area contributed by atoms with Crippen molar-refractivity contribution in [1.82, 2.24) is 0 Å². The number of carbonyl (C=O) groups is 1. The zero-order valence-electron chi connectivity index (χ0n) is 14.0. The van der Waals surface area contributed by atoms with Crippen LogP contribution < -0.4 is 0 Å². The highest BCUT2D eigenvalue weighted by atomic mass is 16.7. The van der Waals surface area contributed by atoms with Gasteiger partial charge in [0.15, 0.2) is 5.78 Å². The van der Waals surface area contributed by atoms with Gasteiger partial charge in [0, 0.05) is 18.7 Å². The number of hydrogen-bond donors (Lipinski definition) is 0. The molecule has 0 saturated carbocycles. The van der Waals surface area contributed by atoms with Crippen molar-refractivity contribution in [3.8, 4) is 0 Å². The summed E-state index contributed by atoms with van der Waals surface area (Å²) >= 11 is 0. The normalized spacial score (nSPS) is 23.1. The third-order valence-corrected chi connectivity index (χ3v) is 3.70. The maximum absolute atomic E-state index is 12.2. The van der Waals surface area contributed by atoms with E-state index in [1.807, 2.05) is 24.3 Å². The summed E-state index contributed by atoms with van der Waals surface area (Å²) in [6.07, 6.45) is 10.5. The fraction of sp³-hybridized carbons (Fsp3) is 0.250. The van der Waals surface area contributed by atoms with Crippen molar-refractivity contribution < 1.29 is 19.0 Å². The molecular formula is C20H22O4. The smallest absolute Gasteiger partial charge is 0.211 e. The number of ether oxygens (including phenoxy) is 3. The van der Waals surface area contributed by atoms with Crippen LogP contribution in [0, 0.1) is 5.92 Å². The van der Waals surface area contributed by atoms with Crippen LogP contribution in [0.2, 0.25) is 0 Å². The average Bonchev–Trinajstić information content (AvgIpc) is 2.65. The van der Waals surface area contributed by atoms with Crippen molar-refractivity contribution in [1.29, 1.82) is 0 Å². The van der Waals surface area contributed by atoms with E-state index in [9.17, 15) is 4.79 Å². The van der Waals surface area contributed by atoms with Gasteiger partial charge in [0.05, 0.1) is 19.6 Å². The molecule has 2 atom stereocenters. The molecule has 2 rings (SSSR count). The second kappa shape index (κ2) is 8.43. The minimum atomic E-state index is -0.979. The molecule has 2 unspecified atom stereocenters. The Morgan fingerprint density at radius 1 is 1.29 bits per heavy atom. The molecule has 0 heterocycles. The third kappa shape index (κ3) is 4.31. The zero-order valence-corrected chi connectivity index (χ0v) is 14.0. The Bertz CT molecular complexity index is 657. The van der Waals surface area contributed by atoms with Gasteiger partial charge in [-0.1, -0.05) is 48.6 Å². The van der Waals surface area contributed by atoms with Crippen LogP contribution >= 0.6 is 0 Å². The number of benzene rings is 1. The van der Waals surface area contributed by atoms with Gasteiger partial charge in [0.2, 0.25) is 5.79 Å². The summed E-state index contributed by atoms with van der Waals surface area (Å²) in [7, 11) is 3.14. The number of methoxy groups -OCH3 is 2. The van der Waals surface area contributed by atoms with Crippen LogP contribution in [-0.2, 0) is 14.2 Å². The number of carbonyl (C=O) groups excluding carboxylic acids is 1. The highest BCUT2D eigenvalue weighted by Crippen LogP contribution is 2.30. The molecule has 1 aliphatic carbocycles. The average molecular weight is 326 g/mol. The third-order valence-electron chi connectivity index (χ3n) is 3.70. The number of rotatable bonds is 8. The second-order valence-corrected chi connectivity index (χ2v) is 5.25. The van der Waals surface area contributed by atoms with Gasteiger partial charge in [0.1, 0.15) is 5.76 Å². The quantitative estimate of drug-likeness (QED) is 0.316. The number of allylic oxidation sites excluding steroid dienone is 2. The molecule has 1 aromatic carbocycles. The van der Waals surface area contributed by atoms with Crippen molar-refractivity contribution in [3.63, 3.8) is 0 Å². The molecule has 24 heavy (non-hydrogen) atoms. The van der Waals surface area contributed by atoms with Crippen LogP contribution in [0.15, 0.2) is 79.1 Å². The van der Waals surface area contributed by atoms with Crippen molar-refractivity contribution in [2.24, 2.45) is 5.92 Å². The molecule has 0 spiro atoms. The first kappa shape index (κ1) is 17.9. The summed E-state index contributed by atoms with van der Waals surface area (Å²) in [6.45, 7) is 3.98. The Morgan fingerprint density at radius 2 is 2.04 bits per heavy atom. The molecule has 126 valence electrons. The topological polar surface area (TPSA) is 44.8 Å². The second-order valence-electron chi connectivity index (χ2n) is 5.25. The van der Waals surface area contributed by atoms with Crippen molar-refractivity contribution in [2.75, 3.05) is 20.8 Å². The molecule has 0 radical (unpaired) electrons. The lowest BCUT2D eigenvalue weighted by atomic mass is 9.96. The summed E-state index contributed by atoms with van der Waals surface area (Å²) in [5, 5.41) is 0. The molecule has 1 aliphatic rings. The summed E-state index contributed by atoms with van der Waals surface area (Å²) < 4.78 is 16.6. The standard InChI is InChI=1S/C20H22O4/c1-4-14-24-20(23-3)13-12-17(19(15-20)22-2)10-11-18(21)16-8-6-5-7-9-16/h4-13,15,17H,1,14H2,2-3H3/b11-10+. The van der Waals surface area contributed by atoms with Gasteiger partial charge in [-0.3, -0.25) is 4.79 Å². The Labute approximate surface area is 142 Å². The molecule has 0 fully saturated rings. The summed E-state index contributed by atoms with van der Waals surface area (Å²) in [6, 6.07) is 9.13. The maximum Gasteiger partial charge on any atom is 0.211 e. The van der Waals surface area contributed by atoms with Gasteiger partial charge in [-0.05, 0) is 12.2 Å². The zero-order chi connectivity index (χ0) is 17.4. The van der Waals surface area contributed by atoms with Crippen molar-refractivity contribution >= 4 is 5.78 Å². The van der Waals surface area contributed by atoms with Gasteiger partial charge in [-0.25, -0.2) is 0 Å². The predicted octanol–water partition coefficient (Wildman–Crippen LogP) is 3.69. The van der Waals surface area contributed by atoms with Gasteiger partial charge in [-0.2, -0.15) is 0 Å². The van der Waals surface area contributed by atoms with Gasteiger partial charge in [0.25, 0.3) is 0 Å². The van der Waals surface area contributed by atoms with Crippen LogP contribution in [0.3, 0.4) is 0 Å². The van der Waals surface area contributed by atoms with E-state index in [-0.39, 0.29) is 11.7 Å². The Balaban J connectivity index is 2.14. The van der Waals surface area contributed by atoms with Crippen molar-refractivity contribution in [2.45, 2.75) is 5.79 Å². The molecule has 4 heteroatoms. The van der Waals surface area contributed by atoms with E-state index in [2.05, 4.69) is 6.58 Å². The van der Waals surface area contributed by atoms with E-state index in [0.29, 0.717) is 17.9 Å². The molecule has 4 nitrogen and oxygen atoms in total. The first-order valence-electron chi connectivity index (χ1n) is 7.68. The molecule has 0 aromatic heterocycles. The molecular weight excluding hydrogens is 304 g/mol. The molecule has 0 N–H and O–H groups in total. The Hall–Kier alpha value is -2.43. The first-order chi connectivity index (χ1) is 11.6. The molecule has 0 saturated heterocycles.